The van der Waals surface area contributed by atoms with Gasteiger partial charge in [-0.15, -0.1) is 0 Å². The van der Waals surface area contributed by atoms with Crippen LogP contribution >= 0.6 is 58.0 Å². The summed E-state index contributed by atoms with van der Waals surface area (Å²) in [5, 5.41) is 1.61. The maximum Gasteiger partial charge on any atom is 0.107 e. The fourth-order valence-electron chi connectivity index (χ4n) is 4.38. The summed E-state index contributed by atoms with van der Waals surface area (Å²) in [5.74, 6) is 0. The molecule has 0 saturated carbocycles. The average molecular weight is 596 g/mol. The molecule has 0 aliphatic carbocycles. The standard InChI is InChI=1S/C27H45Cl5N.ClH/c1-4-5-6-7-8-9-10-11-12-13-14-15-16-17-18-19-20-33(2,3)21-22-23(28)25(30)27(32)26(31)24(22)29;/h4-21H2,1-3H3;1H/q+1;/p-1. The van der Waals surface area contributed by atoms with Crippen LogP contribution in [0.15, 0.2) is 0 Å². The molecule has 1 rings (SSSR count). The Balaban J connectivity index is 0.0000109. The molecule has 34 heavy (non-hydrogen) atoms. The number of halogens is 6. The third kappa shape index (κ3) is 14.0. The number of rotatable bonds is 19. The summed E-state index contributed by atoms with van der Waals surface area (Å²) in [5.41, 5.74) is 0.777. The van der Waals surface area contributed by atoms with E-state index in [0.29, 0.717) is 16.6 Å². The second kappa shape index (κ2) is 20.0. The van der Waals surface area contributed by atoms with E-state index in [1.807, 2.05) is 0 Å². The summed E-state index contributed by atoms with van der Waals surface area (Å²) in [6.45, 7) is 4.02. The van der Waals surface area contributed by atoms with E-state index in [1.165, 1.54) is 103 Å². The zero-order valence-electron chi connectivity index (χ0n) is 21.4. The van der Waals surface area contributed by atoms with Gasteiger partial charge >= 0.3 is 0 Å². The maximum atomic E-state index is 6.42. The molecule has 1 nitrogen and oxygen atoms in total. The average Bonchev–Trinajstić information content (AvgIpc) is 2.79. The molecule has 0 amide bonds. The van der Waals surface area contributed by atoms with E-state index in [2.05, 4.69) is 21.0 Å². The number of hydrogen-bond acceptors (Lipinski definition) is 0. The third-order valence-corrected chi connectivity index (χ3v) is 8.86. The van der Waals surface area contributed by atoms with Gasteiger partial charge in [0.25, 0.3) is 0 Å². The van der Waals surface area contributed by atoms with Crippen molar-refractivity contribution < 1.29 is 16.9 Å². The highest BCUT2D eigenvalue weighted by molar-refractivity contribution is 6.55. The van der Waals surface area contributed by atoms with Gasteiger partial charge in [0.05, 0.1) is 45.8 Å². The van der Waals surface area contributed by atoms with Crippen LogP contribution in [0.3, 0.4) is 0 Å². The van der Waals surface area contributed by atoms with E-state index >= 15 is 0 Å². The van der Waals surface area contributed by atoms with E-state index in [9.17, 15) is 0 Å². The van der Waals surface area contributed by atoms with Gasteiger partial charge in [0, 0.05) is 5.56 Å². The van der Waals surface area contributed by atoms with Crippen molar-refractivity contribution in [2.24, 2.45) is 0 Å². The van der Waals surface area contributed by atoms with Gasteiger partial charge in [-0.25, -0.2) is 0 Å². The molecule has 0 aliphatic heterocycles. The Morgan fingerprint density at radius 3 is 1.12 bits per heavy atom. The lowest BCUT2D eigenvalue weighted by molar-refractivity contribution is -0.903. The van der Waals surface area contributed by atoms with Crippen molar-refractivity contribution in [3.63, 3.8) is 0 Å². The van der Waals surface area contributed by atoms with Crippen LogP contribution in [-0.4, -0.2) is 25.1 Å². The van der Waals surface area contributed by atoms with Crippen molar-refractivity contribution in [3.05, 3.63) is 30.7 Å². The first-order valence-electron chi connectivity index (χ1n) is 13.0. The first kappa shape index (κ1) is 34.9. The number of quaternary nitrogens is 1. The summed E-state index contributed by atoms with van der Waals surface area (Å²) < 4.78 is 0.784. The molecule has 1 aromatic carbocycles. The van der Waals surface area contributed by atoms with Gasteiger partial charge in [-0.1, -0.05) is 155 Å². The quantitative estimate of drug-likeness (QED) is 0.0649. The molecule has 0 aliphatic rings. The Morgan fingerprint density at radius 1 is 0.471 bits per heavy atom. The van der Waals surface area contributed by atoms with E-state index in [4.69, 9.17) is 58.0 Å². The van der Waals surface area contributed by atoms with Crippen LogP contribution in [0.2, 0.25) is 25.1 Å². The molecule has 0 aromatic heterocycles. The Bertz CT molecular complexity index is 649. The predicted octanol–water partition coefficient (Wildman–Crippen LogP) is 8.80. The molecule has 0 atom stereocenters. The molecule has 0 bridgehead atoms. The minimum Gasteiger partial charge on any atom is -1.00 e. The first-order chi connectivity index (χ1) is 15.7. The molecule has 7 heteroatoms. The minimum absolute atomic E-state index is 0. The fourth-order valence-corrected chi connectivity index (χ4v) is 5.68. The van der Waals surface area contributed by atoms with Gasteiger partial charge in [0.2, 0.25) is 0 Å². The first-order valence-corrected chi connectivity index (χ1v) is 14.9. The van der Waals surface area contributed by atoms with Crippen molar-refractivity contribution in [2.75, 3.05) is 20.6 Å². The van der Waals surface area contributed by atoms with Gasteiger partial charge < -0.3 is 16.9 Å². The van der Waals surface area contributed by atoms with Crippen LogP contribution in [0.5, 0.6) is 0 Å². The topological polar surface area (TPSA) is 0 Å². The molecule has 1 aromatic rings. The lowest BCUT2D eigenvalue weighted by Crippen LogP contribution is -3.00. The van der Waals surface area contributed by atoms with Crippen LogP contribution in [0.25, 0.3) is 0 Å². The molecular weight excluding hydrogens is 551 g/mol. The fraction of sp³-hybridized carbons (Fsp3) is 0.778. The zero-order chi connectivity index (χ0) is 24.7. The second-order valence-corrected chi connectivity index (χ2v) is 12.1. The molecule has 0 fully saturated rings. The van der Waals surface area contributed by atoms with Gasteiger partial charge in [-0.2, -0.15) is 0 Å². The van der Waals surface area contributed by atoms with Crippen LogP contribution in [-0.2, 0) is 6.54 Å². The highest BCUT2D eigenvalue weighted by Gasteiger charge is 2.25. The molecule has 0 radical (unpaired) electrons. The van der Waals surface area contributed by atoms with Crippen LogP contribution in [0.4, 0.5) is 0 Å². The number of benzene rings is 1. The van der Waals surface area contributed by atoms with Crippen molar-refractivity contribution in [1.82, 2.24) is 0 Å². The lowest BCUT2D eigenvalue weighted by atomic mass is 10.0. The van der Waals surface area contributed by atoms with Crippen LogP contribution < -0.4 is 12.4 Å². The number of hydrogen-bond donors (Lipinski definition) is 0. The molecule has 0 heterocycles. The normalized spacial score (nSPS) is 11.6. The smallest absolute Gasteiger partial charge is 0.107 e. The lowest BCUT2D eigenvalue weighted by Gasteiger charge is -2.31. The largest absolute Gasteiger partial charge is 1.00 e. The number of nitrogens with zero attached hydrogens (tertiary/aromatic N) is 1. The molecule has 0 N–H and O–H groups in total. The van der Waals surface area contributed by atoms with Gasteiger partial charge in [0.15, 0.2) is 0 Å². The van der Waals surface area contributed by atoms with Gasteiger partial charge in [-0.3, -0.25) is 0 Å². The Labute approximate surface area is 241 Å². The van der Waals surface area contributed by atoms with E-state index in [0.717, 1.165) is 16.6 Å². The van der Waals surface area contributed by atoms with E-state index < -0.39 is 0 Å². The van der Waals surface area contributed by atoms with Crippen molar-refractivity contribution in [2.45, 2.75) is 116 Å². The van der Waals surface area contributed by atoms with Crippen molar-refractivity contribution in [1.29, 1.82) is 0 Å². The molecule has 200 valence electrons. The monoisotopic (exact) mass is 593 g/mol. The van der Waals surface area contributed by atoms with Gasteiger partial charge in [0.1, 0.15) is 6.54 Å². The van der Waals surface area contributed by atoms with E-state index in [-0.39, 0.29) is 27.5 Å². The summed E-state index contributed by atoms with van der Waals surface area (Å²) >= 11 is 31.4. The summed E-state index contributed by atoms with van der Waals surface area (Å²) in [6.07, 6.45) is 22.1. The maximum absolute atomic E-state index is 6.42. The molecule has 0 unspecified atom stereocenters. The zero-order valence-corrected chi connectivity index (χ0v) is 26.0. The second-order valence-electron chi connectivity index (χ2n) is 10.2. The van der Waals surface area contributed by atoms with Gasteiger partial charge in [-0.05, 0) is 12.8 Å². The Hall–Kier alpha value is 0.920. The van der Waals surface area contributed by atoms with Crippen LogP contribution in [0, 0.1) is 0 Å². The summed E-state index contributed by atoms with van der Waals surface area (Å²) in [4.78, 5) is 0. The highest BCUT2D eigenvalue weighted by Crippen LogP contribution is 2.44. The molecule has 0 saturated heterocycles. The van der Waals surface area contributed by atoms with E-state index in [1.54, 1.807) is 0 Å². The Morgan fingerprint density at radius 2 is 0.765 bits per heavy atom. The highest BCUT2D eigenvalue weighted by atomic mass is 35.5. The summed E-state index contributed by atoms with van der Waals surface area (Å²) in [6, 6.07) is 0. The molecule has 0 spiro atoms. The van der Waals surface area contributed by atoms with Crippen molar-refractivity contribution >= 4 is 58.0 Å². The summed E-state index contributed by atoms with van der Waals surface area (Å²) in [7, 11) is 4.38. The number of unbranched alkanes of at least 4 members (excludes halogenated alkanes) is 15. The third-order valence-electron chi connectivity index (χ3n) is 6.50. The minimum atomic E-state index is 0. The van der Waals surface area contributed by atoms with Crippen LogP contribution in [0.1, 0.15) is 115 Å². The SMILES string of the molecule is CCCCCCCCCCCCCCCCCC[N+](C)(C)Cc1c(Cl)c(Cl)c(Cl)c(Cl)c1Cl.[Cl-]. The Kier molecular flexibility index (Phi) is 20.5. The van der Waals surface area contributed by atoms with Crippen molar-refractivity contribution in [3.8, 4) is 0 Å². The molecular formula is C27H45Cl6N. The predicted molar refractivity (Wildman–Crippen MR) is 152 cm³/mol.